The Kier molecular flexibility index (Phi) is 7.51. The van der Waals surface area contributed by atoms with Crippen molar-refractivity contribution in [2.45, 2.75) is 20.5 Å². The van der Waals surface area contributed by atoms with Crippen molar-refractivity contribution in [3.63, 3.8) is 0 Å². The number of hydrogen-bond donors (Lipinski definition) is 1. The number of halogens is 2. The number of nitriles is 1. The lowest BCUT2D eigenvalue weighted by molar-refractivity contribution is -0.112. The van der Waals surface area contributed by atoms with Crippen molar-refractivity contribution >= 4 is 45.2 Å². The number of amides is 1. The number of nitrogens with one attached hydrogen (secondary N) is 1. The number of aryl methyl sites for hydroxylation is 2. The second kappa shape index (κ2) is 10.3. The first kappa shape index (κ1) is 22.6. The van der Waals surface area contributed by atoms with Crippen LogP contribution in [0.25, 0.3) is 6.08 Å². The highest BCUT2D eigenvalue weighted by Gasteiger charge is 2.11. The summed E-state index contributed by atoms with van der Waals surface area (Å²) in [7, 11) is 0. The number of rotatable bonds is 6. The summed E-state index contributed by atoms with van der Waals surface area (Å²) in [6.45, 7) is 4.37. The molecule has 0 saturated carbocycles. The lowest BCUT2D eigenvalue weighted by Crippen LogP contribution is -2.13. The molecule has 3 aromatic carbocycles. The molecule has 0 aliphatic heterocycles. The number of ether oxygens (including phenoxy) is 1. The maximum absolute atomic E-state index is 12.5. The van der Waals surface area contributed by atoms with E-state index in [2.05, 4.69) is 21.2 Å². The summed E-state index contributed by atoms with van der Waals surface area (Å²) in [5.74, 6) is 0.204. The number of anilines is 1. The first-order valence-electron chi connectivity index (χ1n) is 9.53. The summed E-state index contributed by atoms with van der Waals surface area (Å²) in [5.41, 5.74) is 4.57. The maximum Gasteiger partial charge on any atom is 0.266 e. The molecule has 0 fully saturated rings. The highest BCUT2D eigenvalue weighted by atomic mass is 79.9. The average Bonchev–Trinajstić information content (AvgIpc) is 2.75. The van der Waals surface area contributed by atoms with Crippen LogP contribution in [-0.2, 0) is 11.4 Å². The van der Waals surface area contributed by atoms with Crippen LogP contribution in [0, 0.1) is 25.2 Å². The molecule has 0 heterocycles. The molecule has 0 aromatic heterocycles. The normalized spacial score (nSPS) is 11.0. The number of benzene rings is 3. The highest BCUT2D eigenvalue weighted by Crippen LogP contribution is 2.28. The molecule has 0 aliphatic rings. The average molecular weight is 496 g/mol. The first-order chi connectivity index (χ1) is 14.9. The van der Waals surface area contributed by atoms with Crippen LogP contribution < -0.4 is 10.1 Å². The molecule has 0 aliphatic carbocycles. The monoisotopic (exact) mass is 494 g/mol. The molecule has 0 saturated heterocycles. The summed E-state index contributed by atoms with van der Waals surface area (Å²) in [6, 6.07) is 20.4. The van der Waals surface area contributed by atoms with Crippen molar-refractivity contribution < 1.29 is 9.53 Å². The van der Waals surface area contributed by atoms with E-state index < -0.39 is 5.91 Å². The predicted molar refractivity (Wildman–Crippen MR) is 128 cm³/mol. The third-order valence-corrected chi connectivity index (χ3v) is 5.58. The Morgan fingerprint density at radius 2 is 1.84 bits per heavy atom. The van der Waals surface area contributed by atoms with Crippen molar-refractivity contribution in [1.29, 1.82) is 5.26 Å². The van der Waals surface area contributed by atoms with Gasteiger partial charge in [-0.1, -0.05) is 35.9 Å². The molecular weight excluding hydrogens is 476 g/mol. The SMILES string of the molecule is Cc1ccc(NC(=O)/C(C#N)=C/c2ccc(OCc3ccc(Cl)cc3)c(Br)c2)cc1C. The van der Waals surface area contributed by atoms with Crippen LogP contribution in [0.15, 0.2) is 70.7 Å². The van der Waals surface area contributed by atoms with Gasteiger partial charge in [0.05, 0.1) is 4.47 Å². The second-order valence-corrected chi connectivity index (χ2v) is 8.32. The highest BCUT2D eigenvalue weighted by molar-refractivity contribution is 9.10. The van der Waals surface area contributed by atoms with E-state index in [0.29, 0.717) is 28.6 Å². The predicted octanol–water partition coefficient (Wildman–Crippen LogP) is 6.84. The summed E-state index contributed by atoms with van der Waals surface area (Å²) in [4.78, 5) is 12.5. The third-order valence-electron chi connectivity index (χ3n) is 4.70. The number of nitrogens with zero attached hydrogens (tertiary/aromatic N) is 1. The smallest absolute Gasteiger partial charge is 0.266 e. The minimum absolute atomic E-state index is 0.0139. The van der Waals surface area contributed by atoms with Gasteiger partial charge in [-0.25, -0.2) is 0 Å². The van der Waals surface area contributed by atoms with Crippen molar-refractivity contribution in [2.75, 3.05) is 5.32 Å². The Balaban J connectivity index is 1.70. The minimum atomic E-state index is -0.454. The Bertz CT molecular complexity index is 1180. The largest absolute Gasteiger partial charge is 0.488 e. The second-order valence-electron chi connectivity index (χ2n) is 7.03. The zero-order valence-electron chi connectivity index (χ0n) is 17.1. The van der Waals surface area contributed by atoms with Crippen molar-refractivity contribution in [3.05, 3.63) is 98.0 Å². The molecule has 3 rings (SSSR count). The zero-order valence-corrected chi connectivity index (χ0v) is 19.4. The van der Waals surface area contributed by atoms with Crippen LogP contribution in [0.3, 0.4) is 0 Å². The van der Waals surface area contributed by atoms with Crippen LogP contribution in [0.2, 0.25) is 5.02 Å². The van der Waals surface area contributed by atoms with E-state index in [4.69, 9.17) is 16.3 Å². The van der Waals surface area contributed by atoms with Gasteiger partial charge in [-0.15, -0.1) is 0 Å². The maximum atomic E-state index is 12.5. The van der Waals surface area contributed by atoms with E-state index in [1.807, 2.05) is 62.4 Å². The molecule has 3 aromatic rings. The first-order valence-corrected chi connectivity index (χ1v) is 10.7. The molecule has 6 heteroatoms. The van der Waals surface area contributed by atoms with Crippen molar-refractivity contribution in [3.8, 4) is 11.8 Å². The molecule has 156 valence electrons. The molecule has 0 atom stereocenters. The third kappa shape index (κ3) is 6.21. The van der Waals surface area contributed by atoms with Gasteiger partial charge >= 0.3 is 0 Å². The molecule has 1 amide bonds. The molecule has 4 nitrogen and oxygen atoms in total. The Hall–Kier alpha value is -3.07. The zero-order chi connectivity index (χ0) is 22.4. The summed E-state index contributed by atoms with van der Waals surface area (Å²) in [5, 5.41) is 12.9. The van der Waals surface area contributed by atoms with Gasteiger partial charge in [-0.2, -0.15) is 5.26 Å². The topological polar surface area (TPSA) is 62.1 Å². The van der Waals surface area contributed by atoms with Gasteiger partial charge in [0, 0.05) is 10.7 Å². The van der Waals surface area contributed by atoms with Crippen molar-refractivity contribution in [1.82, 2.24) is 0 Å². The number of hydrogen-bond acceptors (Lipinski definition) is 3. The van der Waals surface area contributed by atoms with Gasteiger partial charge in [-0.3, -0.25) is 4.79 Å². The molecular formula is C25H20BrClN2O2. The standard InChI is InChI=1S/C25H20BrClN2O2/c1-16-3-9-22(11-17(16)2)29-25(30)20(14-28)12-19-6-10-24(23(26)13-19)31-15-18-4-7-21(27)8-5-18/h3-13H,15H2,1-2H3,(H,29,30)/b20-12+. The van der Waals surface area contributed by atoms with Gasteiger partial charge in [0.1, 0.15) is 24.0 Å². The molecule has 0 bridgehead atoms. The Morgan fingerprint density at radius 3 is 2.48 bits per heavy atom. The van der Waals surface area contributed by atoms with E-state index in [-0.39, 0.29) is 5.57 Å². The van der Waals surface area contributed by atoms with Gasteiger partial charge < -0.3 is 10.1 Å². The van der Waals surface area contributed by atoms with Crippen LogP contribution in [-0.4, -0.2) is 5.91 Å². The number of carbonyl (C=O) groups excluding carboxylic acids is 1. The van der Waals surface area contributed by atoms with Gasteiger partial charge in [-0.05, 0) is 94.5 Å². The van der Waals surface area contributed by atoms with Crippen LogP contribution in [0.4, 0.5) is 5.69 Å². The molecule has 0 spiro atoms. The quantitative estimate of drug-likeness (QED) is 0.301. The molecule has 1 N–H and O–H groups in total. The Labute approximate surface area is 195 Å². The lowest BCUT2D eigenvalue weighted by Gasteiger charge is -2.10. The van der Waals surface area contributed by atoms with Gasteiger partial charge in [0.2, 0.25) is 0 Å². The molecule has 0 unspecified atom stereocenters. The number of carbonyl (C=O) groups is 1. The fraction of sp³-hybridized carbons (Fsp3) is 0.120. The summed E-state index contributed by atoms with van der Waals surface area (Å²) >= 11 is 9.39. The van der Waals surface area contributed by atoms with E-state index in [0.717, 1.165) is 21.2 Å². The fourth-order valence-electron chi connectivity index (χ4n) is 2.80. The van der Waals surface area contributed by atoms with Crippen LogP contribution in [0.5, 0.6) is 5.75 Å². The minimum Gasteiger partial charge on any atom is -0.488 e. The van der Waals surface area contributed by atoms with Gasteiger partial charge in [0.15, 0.2) is 0 Å². The van der Waals surface area contributed by atoms with Crippen LogP contribution >= 0.6 is 27.5 Å². The van der Waals surface area contributed by atoms with E-state index in [9.17, 15) is 10.1 Å². The Morgan fingerprint density at radius 1 is 1.10 bits per heavy atom. The molecule has 0 radical (unpaired) electrons. The van der Waals surface area contributed by atoms with E-state index in [1.54, 1.807) is 24.3 Å². The van der Waals surface area contributed by atoms with E-state index >= 15 is 0 Å². The lowest BCUT2D eigenvalue weighted by atomic mass is 10.1. The fourth-order valence-corrected chi connectivity index (χ4v) is 3.44. The van der Waals surface area contributed by atoms with Crippen molar-refractivity contribution in [2.24, 2.45) is 0 Å². The summed E-state index contributed by atoms with van der Waals surface area (Å²) in [6.07, 6.45) is 1.55. The van der Waals surface area contributed by atoms with Gasteiger partial charge in [0.25, 0.3) is 5.91 Å². The van der Waals surface area contributed by atoms with Crippen LogP contribution in [0.1, 0.15) is 22.3 Å². The summed E-state index contributed by atoms with van der Waals surface area (Å²) < 4.78 is 6.57. The van der Waals surface area contributed by atoms with E-state index in [1.165, 1.54) is 0 Å². The molecule has 31 heavy (non-hydrogen) atoms.